The van der Waals surface area contributed by atoms with E-state index in [1.165, 1.54) is 16.6 Å². The molecule has 202 valence electrons. The summed E-state index contributed by atoms with van der Waals surface area (Å²) in [5, 5.41) is 23.0. The zero-order valence-corrected chi connectivity index (χ0v) is 19.8. The number of nitrogens with one attached hydrogen (secondary N) is 1. The minimum Gasteiger partial charge on any atom is -0.369 e. The molecule has 2 aliphatic rings. The zero-order chi connectivity index (χ0) is 27.1. The number of alkyl halides is 5. The maximum absolute atomic E-state index is 13.6. The Morgan fingerprint density at radius 3 is 2.68 bits per heavy atom. The van der Waals surface area contributed by atoms with Crippen LogP contribution in [-0.4, -0.2) is 75.5 Å². The number of aliphatic hydroxyl groups excluding tert-OH is 1. The first-order valence-corrected chi connectivity index (χ1v) is 11.2. The Labute approximate surface area is 207 Å². The average molecular weight is 534 g/mol. The standard InChI is InChI=1S/C22H24F6N6O3/c1-11-5-17-14(8-33(11)21(36)29-12-3-4-16(23)15(6-12)22(26,27)28)19-20(35)32(2)30-13(7-34(19)31-17)9-37-10-18(24)25/h3-4,6,11,18,21,29,36H,5,7-10H2,1-2H3/t11-,21?/m1/s1. The number of ether oxygens (including phenoxy) is 1. The van der Waals surface area contributed by atoms with Gasteiger partial charge in [0.2, 0.25) is 0 Å². The molecule has 0 radical (unpaired) electrons. The van der Waals surface area contributed by atoms with Crippen LogP contribution >= 0.6 is 0 Å². The number of anilines is 1. The summed E-state index contributed by atoms with van der Waals surface area (Å²) in [4.78, 5) is 14.6. The lowest BCUT2D eigenvalue weighted by molar-refractivity contribution is -0.139. The smallest absolute Gasteiger partial charge is 0.369 e. The SMILES string of the molecule is C[C@@H]1Cc2nn3c(c2CN1C(O)Nc1ccc(F)c(C(F)(F)F)c1)C(=O)N(C)N=C(COCC(F)F)C3. The van der Waals surface area contributed by atoms with Crippen LogP contribution in [0.15, 0.2) is 23.3 Å². The molecule has 2 aliphatic heterocycles. The molecular formula is C22H24F6N6O3. The second-order valence-electron chi connectivity index (χ2n) is 8.77. The van der Waals surface area contributed by atoms with Gasteiger partial charge in [0.05, 0.1) is 30.1 Å². The van der Waals surface area contributed by atoms with Gasteiger partial charge in [-0.15, -0.1) is 0 Å². The molecule has 15 heteroatoms. The van der Waals surface area contributed by atoms with Gasteiger partial charge in [0, 0.05) is 37.3 Å². The van der Waals surface area contributed by atoms with Gasteiger partial charge in [0.1, 0.15) is 18.1 Å². The van der Waals surface area contributed by atoms with Gasteiger partial charge in [0.25, 0.3) is 12.3 Å². The van der Waals surface area contributed by atoms with Crippen molar-refractivity contribution in [1.29, 1.82) is 0 Å². The summed E-state index contributed by atoms with van der Waals surface area (Å²) in [6.07, 6.45) is -8.73. The van der Waals surface area contributed by atoms with Crippen LogP contribution in [0.2, 0.25) is 0 Å². The van der Waals surface area contributed by atoms with Crippen LogP contribution in [0.1, 0.15) is 34.2 Å². The van der Waals surface area contributed by atoms with Crippen LogP contribution in [0, 0.1) is 5.82 Å². The van der Waals surface area contributed by atoms with E-state index < -0.39 is 42.8 Å². The van der Waals surface area contributed by atoms with Crippen molar-refractivity contribution in [3.8, 4) is 0 Å². The van der Waals surface area contributed by atoms with Crippen molar-refractivity contribution in [2.75, 3.05) is 25.6 Å². The molecule has 3 heterocycles. The molecule has 2 N–H and O–H groups in total. The summed E-state index contributed by atoms with van der Waals surface area (Å²) in [5.74, 6) is -1.95. The maximum Gasteiger partial charge on any atom is 0.419 e. The predicted molar refractivity (Wildman–Crippen MR) is 118 cm³/mol. The molecule has 0 saturated carbocycles. The van der Waals surface area contributed by atoms with Gasteiger partial charge in [-0.3, -0.25) is 14.4 Å². The molecule has 2 aromatic rings. The summed E-state index contributed by atoms with van der Waals surface area (Å²) in [6, 6.07) is 1.96. The van der Waals surface area contributed by atoms with Crippen LogP contribution in [0.4, 0.5) is 32.0 Å². The minimum absolute atomic E-state index is 0.0180. The molecule has 1 aromatic heterocycles. The van der Waals surface area contributed by atoms with Crippen LogP contribution in [0.3, 0.4) is 0 Å². The Morgan fingerprint density at radius 1 is 1.27 bits per heavy atom. The molecule has 9 nitrogen and oxygen atoms in total. The third-order valence-electron chi connectivity index (χ3n) is 6.04. The number of hydrogen-bond acceptors (Lipinski definition) is 7. The molecule has 37 heavy (non-hydrogen) atoms. The van der Waals surface area contributed by atoms with E-state index in [2.05, 4.69) is 15.5 Å². The van der Waals surface area contributed by atoms with Crippen LogP contribution in [0.5, 0.6) is 0 Å². The summed E-state index contributed by atoms with van der Waals surface area (Å²) >= 11 is 0. The lowest BCUT2D eigenvalue weighted by Crippen LogP contribution is -2.49. The number of carbonyl (C=O) groups is 1. The Hall–Kier alpha value is -3.17. The number of carbonyl (C=O) groups excluding carboxylic acids is 1. The van der Waals surface area contributed by atoms with E-state index in [1.807, 2.05) is 0 Å². The second-order valence-corrected chi connectivity index (χ2v) is 8.77. The topological polar surface area (TPSA) is 95.2 Å². The highest BCUT2D eigenvalue weighted by atomic mass is 19.4. The van der Waals surface area contributed by atoms with Crippen molar-refractivity contribution in [1.82, 2.24) is 19.7 Å². The van der Waals surface area contributed by atoms with Gasteiger partial charge < -0.3 is 15.2 Å². The third-order valence-corrected chi connectivity index (χ3v) is 6.04. The molecule has 1 aromatic carbocycles. The van der Waals surface area contributed by atoms with E-state index >= 15 is 0 Å². The molecular weight excluding hydrogens is 510 g/mol. The number of fused-ring (bicyclic) bond motifs is 3. The normalized spacial score (nSPS) is 19.4. The zero-order valence-electron chi connectivity index (χ0n) is 19.8. The average Bonchev–Trinajstić information content (AvgIpc) is 3.08. The van der Waals surface area contributed by atoms with Gasteiger partial charge in [-0.2, -0.15) is 23.4 Å². The van der Waals surface area contributed by atoms with Crippen molar-refractivity contribution >= 4 is 17.3 Å². The molecule has 0 saturated heterocycles. The van der Waals surface area contributed by atoms with E-state index in [9.17, 15) is 36.2 Å². The number of amides is 1. The fraction of sp³-hybridized carbons (Fsp3) is 0.500. The van der Waals surface area contributed by atoms with Gasteiger partial charge >= 0.3 is 6.18 Å². The van der Waals surface area contributed by atoms with Crippen molar-refractivity contribution in [3.63, 3.8) is 0 Å². The van der Waals surface area contributed by atoms with E-state index in [0.29, 0.717) is 35.5 Å². The highest BCUT2D eigenvalue weighted by molar-refractivity contribution is 5.98. The van der Waals surface area contributed by atoms with Gasteiger partial charge in [-0.1, -0.05) is 0 Å². The molecule has 0 aliphatic carbocycles. The number of halogens is 6. The molecule has 1 unspecified atom stereocenters. The number of rotatable bonds is 7. The minimum atomic E-state index is -4.91. The highest BCUT2D eigenvalue weighted by Gasteiger charge is 2.37. The summed E-state index contributed by atoms with van der Waals surface area (Å²) in [5.41, 5.74) is -0.0402. The third kappa shape index (κ3) is 5.72. The monoisotopic (exact) mass is 534 g/mol. The van der Waals surface area contributed by atoms with E-state index in [-0.39, 0.29) is 37.1 Å². The van der Waals surface area contributed by atoms with Crippen LogP contribution in [-0.2, 0) is 30.4 Å². The Bertz CT molecular complexity index is 1200. The van der Waals surface area contributed by atoms with E-state index in [0.717, 1.165) is 11.1 Å². The Kier molecular flexibility index (Phi) is 7.48. The van der Waals surface area contributed by atoms with Crippen molar-refractivity contribution in [3.05, 3.63) is 46.5 Å². The number of nitrogens with zero attached hydrogens (tertiary/aromatic N) is 5. The highest BCUT2D eigenvalue weighted by Crippen LogP contribution is 2.34. The van der Waals surface area contributed by atoms with Crippen LogP contribution < -0.4 is 5.32 Å². The molecule has 0 bridgehead atoms. The fourth-order valence-corrected chi connectivity index (χ4v) is 4.32. The Balaban J connectivity index is 1.55. The number of hydrogen-bond donors (Lipinski definition) is 2. The first-order valence-electron chi connectivity index (χ1n) is 11.2. The lowest BCUT2D eigenvalue weighted by Gasteiger charge is -2.37. The number of aliphatic hydroxyl groups is 1. The van der Waals surface area contributed by atoms with Crippen molar-refractivity contribution in [2.45, 2.75) is 51.4 Å². The van der Waals surface area contributed by atoms with Gasteiger partial charge in [0.15, 0.2) is 6.35 Å². The lowest BCUT2D eigenvalue weighted by atomic mass is 9.99. The van der Waals surface area contributed by atoms with Crippen molar-refractivity contribution < 1.29 is 41.0 Å². The number of aromatic nitrogens is 2. The predicted octanol–water partition coefficient (Wildman–Crippen LogP) is 2.90. The number of hydrazone groups is 1. The second kappa shape index (κ2) is 10.3. The van der Waals surface area contributed by atoms with E-state index in [4.69, 9.17) is 4.74 Å². The molecule has 2 atom stereocenters. The Morgan fingerprint density at radius 2 is 2.00 bits per heavy atom. The maximum atomic E-state index is 13.6. The summed E-state index contributed by atoms with van der Waals surface area (Å²) in [6.45, 7) is 0.795. The summed E-state index contributed by atoms with van der Waals surface area (Å²) in [7, 11) is 1.40. The first kappa shape index (κ1) is 26.9. The summed E-state index contributed by atoms with van der Waals surface area (Å²) < 4.78 is 84.0. The number of benzene rings is 1. The molecule has 1 amide bonds. The van der Waals surface area contributed by atoms with E-state index in [1.54, 1.807) is 6.92 Å². The van der Waals surface area contributed by atoms with Gasteiger partial charge in [-0.25, -0.2) is 18.2 Å². The first-order chi connectivity index (χ1) is 17.3. The molecule has 4 rings (SSSR count). The molecule has 0 fully saturated rings. The molecule has 0 spiro atoms. The fourth-order valence-electron chi connectivity index (χ4n) is 4.32. The van der Waals surface area contributed by atoms with Crippen LogP contribution in [0.25, 0.3) is 0 Å². The van der Waals surface area contributed by atoms with Crippen molar-refractivity contribution in [2.24, 2.45) is 5.10 Å². The quantitative estimate of drug-likeness (QED) is 0.419. The van der Waals surface area contributed by atoms with Gasteiger partial charge in [-0.05, 0) is 25.1 Å². The largest absolute Gasteiger partial charge is 0.419 e.